The summed E-state index contributed by atoms with van der Waals surface area (Å²) >= 11 is 1.23. The lowest BCUT2D eigenvalue weighted by molar-refractivity contribution is 0.0604. The van der Waals surface area contributed by atoms with Crippen molar-refractivity contribution in [2.45, 2.75) is 31.2 Å². The molecule has 8 nitrogen and oxygen atoms in total. The summed E-state index contributed by atoms with van der Waals surface area (Å²) in [5.41, 5.74) is -0.0847. The van der Waals surface area contributed by atoms with E-state index in [1.54, 1.807) is 23.7 Å². The molecule has 2 saturated heterocycles. The Hall–Kier alpha value is -2.04. The van der Waals surface area contributed by atoms with E-state index in [2.05, 4.69) is 4.98 Å². The lowest BCUT2D eigenvalue weighted by atomic mass is 9.78. The smallest absolute Gasteiger partial charge is 0.263 e. The van der Waals surface area contributed by atoms with Gasteiger partial charge in [0, 0.05) is 39.4 Å². The van der Waals surface area contributed by atoms with Gasteiger partial charge in [0.25, 0.3) is 15.9 Å². The summed E-state index contributed by atoms with van der Waals surface area (Å²) in [6.45, 7) is 3.66. The Kier molecular flexibility index (Phi) is 5.12. The molecule has 1 spiro atoms. The summed E-state index contributed by atoms with van der Waals surface area (Å²) in [5.74, 6) is -0.0832. The minimum Gasteiger partial charge on any atom is -0.339 e. The minimum absolute atomic E-state index is 0.0354. The molecule has 4 heterocycles. The van der Waals surface area contributed by atoms with Gasteiger partial charge in [-0.25, -0.2) is 13.4 Å². The monoisotopic (exact) mass is 436 g/mol. The SMILES string of the molecule is CC(=O)c1ccc(C(=O)N2CCC3(CC2)CCN(S(=O)(=O)c2cn(C)cn2)C3)s1. The number of rotatable bonds is 4. The van der Waals surface area contributed by atoms with Crippen molar-refractivity contribution in [2.75, 3.05) is 26.2 Å². The molecule has 0 radical (unpaired) electrons. The van der Waals surface area contributed by atoms with E-state index < -0.39 is 10.0 Å². The first-order valence-corrected chi connectivity index (χ1v) is 11.8. The third kappa shape index (κ3) is 3.76. The van der Waals surface area contributed by atoms with Crippen molar-refractivity contribution < 1.29 is 18.0 Å². The molecule has 0 N–H and O–H groups in total. The average Bonchev–Trinajstić information content (AvgIpc) is 3.42. The summed E-state index contributed by atoms with van der Waals surface area (Å²) in [7, 11) is -1.83. The lowest BCUT2D eigenvalue weighted by Gasteiger charge is -2.39. The van der Waals surface area contributed by atoms with Crippen LogP contribution in [0.2, 0.25) is 0 Å². The molecule has 0 saturated carbocycles. The van der Waals surface area contributed by atoms with Crippen molar-refractivity contribution in [3.63, 3.8) is 0 Å². The van der Waals surface area contributed by atoms with Gasteiger partial charge in [0.05, 0.1) is 16.1 Å². The minimum atomic E-state index is -3.58. The van der Waals surface area contributed by atoms with Gasteiger partial charge < -0.3 is 9.47 Å². The topological polar surface area (TPSA) is 92.6 Å². The maximum atomic E-state index is 12.8. The summed E-state index contributed by atoms with van der Waals surface area (Å²) in [6, 6.07) is 3.41. The highest BCUT2D eigenvalue weighted by atomic mass is 32.2. The Bertz CT molecular complexity index is 1050. The van der Waals surface area contributed by atoms with Crippen LogP contribution in [0.1, 0.15) is 45.5 Å². The fourth-order valence-electron chi connectivity index (χ4n) is 4.14. The highest BCUT2D eigenvalue weighted by Gasteiger charge is 2.45. The van der Waals surface area contributed by atoms with E-state index >= 15 is 0 Å². The summed E-state index contributed by atoms with van der Waals surface area (Å²) in [6.07, 6.45) is 5.37. The summed E-state index contributed by atoms with van der Waals surface area (Å²) in [5, 5.41) is 0.0867. The van der Waals surface area contributed by atoms with Gasteiger partial charge in [0.1, 0.15) is 0 Å². The van der Waals surface area contributed by atoms with Crippen LogP contribution in [0.4, 0.5) is 0 Å². The molecule has 0 aliphatic carbocycles. The van der Waals surface area contributed by atoms with Crippen LogP contribution >= 0.6 is 11.3 Å². The largest absolute Gasteiger partial charge is 0.339 e. The Morgan fingerprint density at radius 1 is 1.10 bits per heavy atom. The second-order valence-electron chi connectivity index (χ2n) is 7.98. The number of carbonyl (C=O) groups excluding carboxylic acids is 2. The molecular formula is C19H24N4O4S2. The molecule has 0 bridgehead atoms. The van der Waals surface area contributed by atoms with Crippen LogP contribution in [-0.2, 0) is 17.1 Å². The zero-order valence-electron chi connectivity index (χ0n) is 16.5. The van der Waals surface area contributed by atoms with Crippen molar-refractivity contribution in [1.82, 2.24) is 18.8 Å². The van der Waals surface area contributed by atoms with Gasteiger partial charge in [-0.15, -0.1) is 11.3 Å². The maximum absolute atomic E-state index is 12.8. The number of carbonyl (C=O) groups is 2. The first-order chi connectivity index (χ1) is 13.7. The van der Waals surface area contributed by atoms with Crippen molar-refractivity contribution >= 4 is 33.1 Å². The number of piperidine rings is 1. The number of amides is 1. The van der Waals surface area contributed by atoms with E-state index in [1.165, 1.54) is 35.1 Å². The molecule has 4 rings (SSSR count). The first-order valence-electron chi connectivity index (χ1n) is 9.58. The van der Waals surface area contributed by atoms with E-state index in [4.69, 9.17) is 0 Å². The Morgan fingerprint density at radius 2 is 1.76 bits per heavy atom. The van der Waals surface area contributed by atoms with Crippen LogP contribution in [-0.4, -0.2) is 65.0 Å². The number of sulfonamides is 1. The fraction of sp³-hybridized carbons (Fsp3) is 0.526. The molecule has 1 amide bonds. The van der Waals surface area contributed by atoms with E-state index in [1.807, 2.05) is 4.90 Å². The summed E-state index contributed by atoms with van der Waals surface area (Å²) in [4.78, 5) is 31.2. The van der Waals surface area contributed by atoms with Gasteiger partial charge in [0.2, 0.25) is 0 Å². The summed E-state index contributed by atoms with van der Waals surface area (Å²) < 4.78 is 28.9. The second-order valence-corrected chi connectivity index (χ2v) is 10.9. The number of Topliss-reactive ketones (excluding diaryl/α,β-unsaturated/α-hetero) is 1. The fourth-order valence-corrected chi connectivity index (χ4v) is 6.53. The number of thiophene rings is 1. The van der Waals surface area contributed by atoms with Crippen molar-refractivity contribution in [1.29, 1.82) is 0 Å². The van der Waals surface area contributed by atoms with E-state index in [0.29, 0.717) is 35.9 Å². The van der Waals surface area contributed by atoms with Crippen molar-refractivity contribution in [3.05, 3.63) is 34.4 Å². The molecule has 29 heavy (non-hydrogen) atoms. The van der Waals surface area contributed by atoms with Gasteiger partial charge in [-0.2, -0.15) is 4.31 Å². The Balaban J connectivity index is 1.40. The highest BCUT2D eigenvalue weighted by molar-refractivity contribution is 7.89. The molecule has 156 valence electrons. The zero-order chi connectivity index (χ0) is 20.8. The third-order valence-corrected chi connectivity index (χ3v) is 8.87. The molecule has 2 fully saturated rings. The Labute approximate surface area is 174 Å². The first kappa shape index (κ1) is 20.2. The van der Waals surface area contributed by atoms with Crippen molar-refractivity contribution in [3.8, 4) is 0 Å². The predicted octanol–water partition coefficient (Wildman–Crippen LogP) is 2.00. The molecule has 0 unspecified atom stereocenters. The van der Waals surface area contributed by atoms with Gasteiger partial charge in [-0.3, -0.25) is 9.59 Å². The number of aromatic nitrogens is 2. The number of likely N-dealkylation sites (tertiary alicyclic amines) is 1. The van der Waals surface area contributed by atoms with E-state index in [9.17, 15) is 18.0 Å². The molecule has 2 aliphatic heterocycles. The molecule has 2 aliphatic rings. The van der Waals surface area contributed by atoms with Gasteiger partial charge in [0.15, 0.2) is 10.8 Å². The van der Waals surface area contributed by atoms with Crippen LogP contribution in [0.25, 0.3) is 0 Å². The third-order valence-electron chi connectivity index (χ3n) is 5.96. The van der Waals surface area contributed by atoms with Crippen LogP contribution in [0.3, 0.4) is 0 Å². The standard InChI is InChI=1S/C19H24N4O4S2/c1-14(24)15-3-4-16(28-15)18(25)22-8-5-19(6-9-22)7-10-23(12-19)29(26,27)17-11-21(2)13-20-17/h3-4,11,13H,5-10,12H2,1-2H3. The Morgan fingerprint density at radius 3 is 2.34 bits per heavy atom. The predicted molar refractivity (Wildman–Crippen MR) is 108 cm³/mol. The number of ketones is 1. The molecule has 0 aromatic carbocycles. The number of hydrogen-bond acceptors (Lipinski definition) is 6. The van der Waals surface area contributed by atoms with E-state index in [0.717, 1.165) is 19.3 Å². The highest BCUT2D eigenvalue weighted by Crippen LogP contribution is 2.42. The van der Waals surface area contributed by atoms with Crippen molar-refractivity contribution in [2.24, 2.45) is 12.5 Å². The second kappa shape index (κ2) is 7.33. The molecular weight excluding hydrogens is 412 g/mol. The number of aryl methyl sites for hydroxylation is 1. The molecule has 10 heteroatoms. The van der Waals surface area contributed by atoms with Gasteiger partial charge in [-0.05, 0) is 43.7 Å². The van der Waals surface area contributed by atoms with Crippen LogP contribution in [0.15, 0.2) is 29.7 Å². The number of hydrogen-bond donors (Lipinski definition) is 0. The molecule has 0 atom stereocenters. The van der Waals surface area contributed by atoms with Crippen LogP contribution in [0, 0.1) is 5.41 Å². The lowest BCUT2D eigenvalue weighted by Crippen LogP contribution is -2.44. The average molecular weight is 437 g/mol. The van der Waals surface area contributed by atoms with Crippen LogP contribution < -0.4 is 0 Å². The van der Waals surface area contributed by atoms with Gasteiger partial charge >= 0.3 is 0 Å². The molecule has 2 aromatic heterocycles. The maximum Gasteiger partial charge on any atom is 0.263 e. The van der Waals surface area contributed by atoms with E-state index in [-0.39, 0.29) is 22.1 Å². The molecule has 2 aromatic rings. The normalized spacial score (nSPS) is 19.7. The number of imidazole rings is 1. The number of nitrogens with zero attached hydrogens (tertiary/aromatic N) is 4. The van der Waals surface area contributed by atoms with Gasteiger partial charge in [-0.1, -0.05) is 0 Å². The quantitative estimate of drug-likeness (QED) is 0.684. The zero-order valence-corrected chi connectivity index (χ0v) is 18.1. The van der Waals surface area contributed by atoms with Crippen LogP contribution in [0.5, 0.6) is 0 Å².